The van der Waals surface area contributed by atoms with Crippen molar-refractivity contribution in [2.75, 3.05) is 13.2 Å². The summed E-state index contributed by atoms with van der Waals surface area (Å²) < 4.78 is 5.49. The van der Waals surface area contributed by atoms with Gasteiger partial charge in [-0.2, -0.15) is 0 Å². The second kappa shape index (κ2) is 7.27. The van der Waals surface area contributed by atoms with Crippen molar-refractivity contribution in [2.45, 2.75) is 45.1 Å². The molecule has 1 aliphatic carbocycles. The van der Waals surface area contributed by atoms with Gasteiger partial charge in [-0.25, -0.2) is 0 Å². The molecule has 1 amide bonds. The van der Waals surface area contributed by atoms with Gasteiger partial charge in [0.15, 0.2) is 0 Å². The quantitative estimate of drug-likeness (QED) is 0.734. The average molecular weight is 243 g/mol. The molecule has 0 aliphatic heterocycles. The Hall–Kier alpha value is -1.10. The van der Waals surface area contributed by atoms with Gasteiger partial charge in [-0.15, -0.1) is 0 Å². The lowest BCUT2D eigenvalue weighted by molar-refractivity contribution is -0.137. The van der Waals surface area contributed by atoms with Gasteiger partial charge in [0.1, 0.15) is 6.61 Å². The third kappa shape index (κ3) is 6.26. The standard InChI is InChI=1S/C12H21NO4/c1-9-2-4-10(5-3-9)17-8-11(14)13-7-6-12(15)16/h9-10H,2-8H2,1H3,(H,13,14)(H,15,16). The summed E-state index contributed by atoms with van der Waals surface area (Å²) in [5, 5.41) is 10.9. The molecule has 0 aromatic rings. The number of carbonyl (C=O) groups is 2. The van der Waals surface area contributed by atoms with E-state index < -0.39 is 5.97 Å². The number of carboxylic acids is 1. The fourth-order valence-corrected chi connectivity index (χ4v) is 1.95. The molecular formula is C12H21NO4. The summed E-state index contributed by atoms with van der Waals surface area (Å²) >= 11 is 0. The molecule has 0 atom stereocenters. The third-order valence-electron chi connectivity index (χ3n) is 3.07. The fourth-order valence-electron chi connectivity index (χ4n) is 1.95. The van der Waals surface area contributed by atoms with Gasteiger partial charge < -0.3 is 15.2 Å². The Labute approximate surface area is 102 Å². The smallest absolute Gasteiger partial charge is 0.305 e. The van der Waals surface area contributed by atoms with Crippen LogP contribution in [0.4, 0.5) is 0 Å². The van der Waals surface area contributed by atoms with Crippen molar-refractivity contribution in [3.8, 4) is 0 Å². The second-order valence-corrected chi connectivity index (χ2v) is 4.69. The predicted molar refractivity (Wildman–Crippen MR) is 62.6 cm³/mol. The van der Waals surface area contributed by atoms with E-state index in [2.05, 4.69) is 12.2 Å². The topological polar surface area (TPSA) is 75.6 Å². The molecule has 2 N–H and O–H groups in total. The molecule has 17 heavy (non-hydrogen) atoms. The molecule has 0 bridgehead atoms. The first-order chi connectivity index (χ1) is 8.08. The Morgan fingerprint density at radius 3 is 2.53 bits per heavy atom. The largest absolute Gasteiger partial charge is 0.481 e. The maximum Gasteiger partial charge on any atom is 0.305 e. The van der Waals surface area contributed by atoms with E-state index >= 15 is 0 Å². The highest BCUT2D eigenvalue weighted by Gasteiger charge is 2.19. The Morgan fingerprint density at radius 1 is 1.29 bits per heavy atom. The highest BCUT2D eigenvalue weighted by molar-refractivity contribution is 5.77. The molecule has 0 aromatic carbocycles. The Kier molecular flexibility index (Phi) is 5.97. The molecule has 5 heteroatoms. The number of aliphatic carboxylic acids is 1. The van der Waals surface area contributed by atoms with Crippen LogP contribution in [0.2, 0.25) is 0 Å². The zero-order valence-corrected chi connectivity index (χ0v) is 10.3. The van der Waals surface area contributed by atoms with Crippen molar-refractivity contribution in [1.82, 2.24) is 5.32 Å². The zero-order chi connectivity index (χ0) is 12.7. The minimum Gasteiger partial charge on any atom is -0.481 e. The molecule has 0 heterocycles. The van der Waals surface area contributed by atoms with E-state index in [-0.39, 0.29) is 31.6 Å². The van der Waals surface area contributed by atoms with Crippen molar-refractivity contribution in [3.63, 3.8) is 0 Å². The van der Waals surface area contributed by atoms with Crippen molar-refractivity contribution in [3.05, 3.63) is 0 Å². The number of hydrogen-bond donors (Lipinski definition) is 2. The van der Waals surface area contributed by atoms with E-state index in [1.165, 1.54) is 0 Å². The summed E-state index contributed by atoms with van der Waals surface area (Å²) in [5.41, 5.74) is 0. The van der Waals surface area contributed by atoms with Gasteiger partial charge in [0.05, 0.1) is 12.5 Å². The fraction of sp³-hybridized carbons (Fsp3) is 0.833. The number of carbonyl (C=O) groups excluding carboxylic acids is 1. The van der Waals surface area contributed by atoms with Crippen molar-refractivity contribution in [1.29, 1.82) is 0 Å². The summed E-state index contributed by atoms with van der Waals surface area (Å²) in [6, 6.07) is 0. The summed E-state index contributed by atoms with van der Waals surface area (Å²) in [5.74, 6) is -0.378. The third-order valence-corrected chi connectivity index (χ3v) is 3.07. The first-order valence-electron chi connectivity index (χ1n) is 6.18. The van der Waals surface area contributed by atoms with Crippen LogP contribution in [-0.2, 0) is 14.3 Å². The van der Waals surface area contributed by atoms with Gasteiger partial charge in [0.2, 0.25) is 5.91 Å². The lowest BCUT2D eigenvalue weighted by Crippen LogP contribution is -2.32. The zero-order valence-electron chi connectivity index (χ0n) is 10.3. The summed E-state index contributed by atoms with van der Waals surface area (Å²) in [6.07, 6.45) is 4.49. The molecule has 5 nitrogen and oxygen atoms in total. The van der Waals surface area contributed by atoms with Crippen LogP contribution in [0.15, 0.2) is 0 Å². The van der Waals surface area contributed by atoms with Crippen molar-refractivity contribution < 1.29 is 19.4 Å². The molecule has 1 fully saturated rings. The van der Waals surface area contributed by atoms with Crippen molar-refractivity contribution >= 4 is 11.9 Å². The van der Waals surface area contributed by atoms with Gasteiger partial charge >= 0.3 is 5.97 Å². The molecule has 1 aliphatic rings. The number of amides is 1. The second-order valence-electron chi connectivity index (χ2n) is 4.69. The first-order valence-corrected chi connectivity index (χ1v) is 6.18. The monoisotopic (exact) mass is 243 g/mol. The SMILES string of the molecule is CC1CCC(OCC(=O)NCCC(=O)O)CC1. The van der Waals surface area contributed by atoms with Crippen LogP contribution >= 0.6 is 0 Å². The summed E-state index contributed by atoms with van der Waals surface area (Å²) in [6.45, 7) is 2.44. The number of nitrogens with one attached hydrogen (secondary N) is 1. The molecule has 0 aromatic heterocycles. The van der Waals surface area contributed by atoms with E-state index in [1.54, 1.807) is 0 Å². The number of carboxylic acid groups (broad SMARTS) is 1. The minimum absolute atomic E-state index is 0.0403. The molecule has 0 unspecified atom stereocenters. The van der Waals surface area contributed by atoms with Gasteiger partial charge in [-0.3, -0.25) is 9.59 Å². The van der Waals surface area contributed by atoms with Crippen LogP contribution in [0, 0.1) is 5.92 Å². The lowest BCUT2D eigenvalue weighted by atomic mass is 9.89. The van der Waals surface area contributed by atoms with E-state index in [0.717, 1.165) is 31.6 Å². The Balaban J connectivity index is 2.05. The van der Waals surface area contributed by atoms with E-state index in [0.29, 0.717) is 0 Å². The van der Waals surface area contributed by atoms with Crippen LogP contribution < -0.4 is 5.32 Å². The van der Waals surface area contributed by atoms with Gasteiger partial charge in [-0.05, 0) is 31.6 Å². The maximum absolute atomic E-state index is 11.3. The Morgan fingerprint density at radius 2 is 1.94 bits per heavy atom. The number of hydrogen-bond acceptors (Lipinski definition) is 3. The lowest BCUT2D eigenvalue weighted by Gasteiger charge is -2.25. The molecule has 1 saturated carbocycles. The summed E-state index contributed by atoms with van der Waals surface area (Å²) in [4.78, 5) is 21.5. The number of rotatable bonds is 6. The molecule has 98 valence electrons. The van der Waals surface area contributed by atoms with Gasteiger partial charge in [0, 0.05) is 6.54 Å². The van der Waals surface area contributed by atoms with E-state index in [9.17, 15) is 9.59 Å². The normalized spacial score (nSPS) is 24.3. The molecule has 0 spiro atoms. The van der Waals surface area contributed by atoms with Crippen LogP contribution in [-0.4, -0.2) is 36.2 Å². The van der Waals surface area contributed by atoms with Crippen LogP contribution in [0.5, 0.6) is 0 Å². The molecule has 0 radical (unpaired) electrons. The molecular weight excluding hydrogens is 222 g/mol. The van der Waals surface area contributed by atoms with E-state index in [4.69, 9.17) is 9.84 Å². The van der Waals surface area contributed by atoms with Gasteiger partial charge in [-0.1, -0.05) is 6.92 Å². The van der Waals surface area contributed by atoms with Crippen molar-refractivity contribution in [2.24, 2.45) is 5.92 Å². The first kappa shape index (κ1) is 14.0. The summed E-state index contributed by atoms with van der Waals surface area (Å²) in [7, 11) is 0. The van der Waals surface area contributed by atoms with Gasteiger partial charge in [0.25, 0.3) is 0 Å². The maximum atomic E-state index is 11.3. The number of ether oxygens (including phenoxy) is 1. The highest BCUT2D eigenvalue weighted by atomic mass is 16.5. The predicted octanol–water partition coefficient (Wildman–Crippen LogP) is 1.17. The minimum atomic E-state index is -0.910. The average Bonchev–Trinajstić information content (AvgIpc) is 2.28. The molecule has 1 rings (SSSR count). The molecule has 0 saturated heterocycles. The Bertz CT molecular complexity index is 259. The van der Waals surface area contributed by atoms with Crippen LogP contribution in [0.25, 0.3) is 0 Å². The van der Waals surface area contributed by atoms with Crippen LogP contribution in [0.3, 0.4) is 0 Å². The van der Waals surface area contributed by atoms with E-state index in [1.807, 2.05) is 0 Å². The highest BCUT2D eigenvalue weighted by Crippen LogP contribution is 2.25. The van der Waals surface area contributed by atoms with Crippen LogP contribution in [0.1, 0.15) is 39.0 Å².